The molecule has 26 heavy (non-hydrogen) atoms. The quantitative estimate of drug-likeness (QED) is 0.797. The Morgan fingerprint density at radius 1 is 1.04 bits per heavy atom. The van der Waals surface area contributed by atoms with E-state index in [4.69, 9.17) is 9.47 Å². The molecule has 2 aromatic rings. The van der Waals surface area contributed by atoms with Gasteiger partial charge in [-0.2, -0.15) is 0 Å². The van der Waals surface area contributed by atoms with Crippen molar-refractivity contribution in [3.05, 3.63) is 59.4 Å². The van der Waals surface area contributed by atoms with Crippen LogP contribution in [0, 0.1) is 19.7 Å². The van der Waals surface area contributed by atoms with Crippen molar-refractivity contribution in [2.24, 2.45) is 0 Å². The van der Waals surface area contributed by atoms with Crippen molar-refractivity contribution in [2.45, 2.75) is 33.3 Å². The summed E-state index contributed by atoms with van der Waals surface area (Å²) < 4.78 is 23.5. The van der Waals surface area contributed by atoms with E-state index in [2.05, 4.69) is 5.32 Å². The predicted molar refractivity (Wildman–Crippen MR) is 96.6 cm³/mol. The number of esters is 1. The van der Waals surface area contributed by atoms with Crippen LogP contribution in [0.5, 0.6) is 5.75 Å². The number of carbonyl (C=O) groups excluding carboxylic acids is 2. The molecule has 0 aliphatic carbocycles. The highest BCUT2D eigenvalue weighted by Gasteiger charge is 2.32. The Morgan fingerprint density at radius 3 is 2.31 bits per heavy atom. The zero-order chi connectivity index (χ0) is 19.3. The Bertz CT molecular complexity index is 800. The summed E-state index contributed by atoms with van der Waals surface area (Å²) in [6, 6.07) is 10.8. The minimum atomic E-state index is -1.32. The Kier molecular flexibility index (Phi) is 5.97. The lowest BCUT2D eigenvalue weighted by molar-refractivity contribution is -0.161. The van der Waals surface area contributed by atoms with Crippen LogP contribution in [0.1, 0.15) is 25.0 Å². The second kappa shape index (κ2) is 7.99. The van der Waals surface area contributed by atoms with Gasteiger partial charge < -0.3 is 14.8 Å². The standard InChI is InChI=1S/C20H22FNO4/c1-13-5-8-16(11-14(13)2)22-18(23)12-25-19(24)20(3,4)26-17-9-6-15(21)7-10-17/h5-11H,12H2,1-4H3,(H,22,23). The van der Waals surface area contributed by atoms with E-state index in [1.807, 2.05) is 26.0 Å². The first-order valence-electron chi connectivity index (χ1n) is 8.16. The maximum Gasteiger partial charge on any atom is 0.350 e. The third-order valence-electron chi connectivity index (χ3n) is 3.80. The summed E-state index contributed by atoms with van der Waals surface area (Å²) in [5, 5.41) is 2.67. The molecule has 0 bridgehead atoms. The van der Waals surface area contributed by atoms with Crippen LogP contribution in [-0.4, -0.2) is 24.1 Å². The van der Waals surface area contributed by atoms with Gasteiger partial charge in [-0.3, -0.25) is 4.79 Å². The molecule has 0 saturated heterocycles. The lowest BCUT2D eigenvalue weighted by atomic mass is 10.1. The molecule has 138 valence electrons. The fraction of sp³-hybridized carbons (Fsp3) is 0.300. The van der Waals surface area contributed by atoms with Gasteiger partial charge in [-0.15, -0.1) is 0 Å². The average Bonchev–Trinajstić information content (AvgIpc) is 2.58. The molecule has 0 fully saturated rings. The van der Waals surface area contributed by atoms with Gasteiger partial charge >= 0.3 is 5.97 Å². The molecular formula is C20H22FNO4. The summed E-state index contributed by atoms with van der Waals surface area (Å²) in [7, 11) is 0. The molecule has 0 unspecified atom stereocenters. The van der Waals surface area contributed by atoms with Gasteiger partial charge in [0.05, 0.1) is 0 Å². The van der Waals surface area contributed by atoms with Crippen LogP contribution < -0.4 is 10.1 Å². The van der Waals surface area contributed by atoms with E-state index in [9.17, 15) is 14.0 Å². The van der Waals surface area contributed by atoms with Gasteiger partial charge in [0.2, 0.25) is 0 Å². The number of amides is 1. The monoisotopic (exact) mass is 359 g/mol. The van der Waals surface area contributed by atoms with E-state index in [1.54, 1.807) is 6.07 Å². The van der Waals surface area contributed by atoms with Crippen molar-refractivity contribution in [2.75, 3.05) is 11.9 Å². The Balaban J connectivity index is 1.88. The number of hydrogen-bond donors (Lipinski definition) is 1. The summed E-state index contributed by atoms with van der Waals surface area (Å²) in [6.07, 6.45) is 0. The first-order valence-corrected chi connectivity index (χ1v) is 8.16. The zero-order valence-electron chi connectivity index (χ0n) is 15.3. The van der Waals surface area contributed by atoms with Gasteiger partial charge in [0.15, 0.2) is 12.2 Å². The number of anilines is 1. The summed E-state index contributed by atoms with van der Waals surface area (Å²) >= 11 is 0. The number of rotatable bonds is 6. The molecule has 0 atom stereocenters. The Morgan fingerprint density at radius 2 is 1.69 bits per heavy atom. The number of nitrogens with one attached hydrogen (secondary N) is 1. The van der Waals surface area contributed by atoms with Crippen molar-refractivity contribution >= 4 is 17.6 Å². The number of hydrogen-bond acceptors (Lipinski definition) is 4. The highest BCUT2D eigenvalue weighted by atomic mass is 19.1. The second-order valence-corrected chi connectivity index (χ2v) is 6.49. The highest BCUT2D eigenvalue weighted by molar-refractivity contribution is 5.93. The van der Waals surface area contributed by atoms with Crippen LogP contribution in [0.25, 0.3) is 0 Å². The number of aryl methyl sites for hydroxylation is 2. The van der Waals surface area contributed by atoms with E-state index in [0.717, 1.165) is 11.1 Å². The van der Waals surface area contributed by atoms with E-state index >= 15 is 0 Å². The zero-order valence-corrected chi connectivity index (χ0v) is 15.3. The van der Waals surface area contributed by atoms with Gasteiger partial charge in [-0.05, 0) is 75.2 Å². The molecule has 0 radical (unpaired) electrons. The van der Waals surface area contributed by atoms with Crippen LogP contribution in [0.2, 0.25) is 0 Å². The second-order valence-electron chi connectivity index (χ2n) is 6.49. The topological polar surface area (TPSA) is 64.6 Å². The summed E-state index contributed by atoms with van der Waals surface area (Å²) in [6.45, 7) is 6.52. The first-order chi connectivity index (χ1) is 12.2. The molecule has 0 heterocycles. The third-order valence-corrected chi connectivity index (χ3v) is 3.80. The van der Waals surface area contributed by atoms with Crippen molar-refractivity contribution in [1.82, 2.24) is 0 Å². The van der Waals surface area contributed by atoms with Gasteiger partial charge in [0.1, 0.15) is 11.6 Å². The maximum absolute atomic E-state index is 12.9. The Hall–Kier alpha value is -2.89. The molecule has 6 heteroatoms. The smallest absolute Gasteiger partial charge is 0.350 e. The van der Waals surface area contributed by atoms with Crippen molar-refractivity contribution < 1.29 is 23.5 Å². The van der Waals surface area contributed by atoms with Crippen molar-refractivity contribution in [1.29, 1.82) is 0 Å². The lowest BCUT2D eigenvalue weighted by Gasteiger charge is -2.24. The Labute approximate surface area is 152 Å². The first kappa shape index (κ1) is 19.4. The number of benzene rings is 2. The van der Waals surface area contributed by atoms with Gasteiger partial charge in [0.25, 0.3) is 5.91 Å². The molecule has 0 aromatic heterocycles. The average molecular weight is 359 g/mol. The van der Waals surface area contributed by atoms with E-state index in [0.29, 0.717) is 11.4 Å². The molecule has 2 rings (SSSR count). The van der Waals surface area contributed by atoms with Crippen LogP contribution in [0.15, 0.2) is 42.5 Å². The molecule has 2 aromatic carbocycles. The van der Waals surface area contributed by atoms with Crippen LogP contribution in [0.3, 0.4) is 0 Å². The fourth-order valence-electron chi connectivity index (χ4n) is 2.16. The third kappa shape index (κ3) is 5.31. The summed E-state index contributed by atoms with van der Waals surface area (Å²) in [5.41, 5.74) is 1.48. The van der Waals surface area contributed by atoms with Crippen molar-refractivity contribution in [3.8, 4) is 5.75 Å². The molecule has 5 nitrogen and oxygen atoms in total. The number of carbonyl (C=O) groups is 2. The number of halogens is 1. The van der Waals surface area contributed by atoms with Crippen molar-refractivity contribution in [3.63, 3.8) is 0 Å². The molecule has 1 N–H and O–H groups in total. The fourth-order valence-corrected chi connectivity index (χ4v) is 2.16. The molecule has 0 spiro atoms. The highest BCUT2D eigenvalue weighted by Crippen LogP contribution is 2.20. The van der Waals surface area contributed by atoms with Gasteiger partial charge in [-0.1, -0.05) is 6.07 Å². The number of ether oxygens (including phenoxy) is 2. The predicted octanol–water partition coefficient (Wildman–Crippen LogP) is 3.78. The summed E-state index contributed by atoms with van der Waals surface area (Å²) in [5.74, 6) is -1.22. The normalized spacial score (nSPS) is 11.0. The molecule has 0 aliphatic heterocycles. The molecule has 0 aliphatic rings. The SMILES string of the molecule is Cc1ccc(NC(=O)COC(=O)C(C)(C)Oc2ccc(F)cc2)cc1C. The van der Waals surface area contributed by atoms with Crippen LogP contribution in [-0.2, 0) is 14.3 Å². The van der Waals surface area contributed by atoms with Gasteiger partial charge in [-0.25, -0.2) is 9.18 Å². The molecular weight excluding hydrogens is 337 g/mol. The van der Waals surface area contributed by atoms with E-state index in [1.165, 1.54) is 38.1 Å². The largest absolute Gasteiger partial charge is 0.476 e. The van der Waals surface area contributed by atoms with Gasteiger partial charge in [0, 0.05) is 5.69 Å². The van der Waals surface area contributed by atoms with Crippen LogP contribution in [0.4, 0.5) is 10.1 Å². The molecule has 1 amide bonds. The summed E-state index contributed by atoms with van der Waals surface area (Å²) in [4.78, 5) is 24.2. The maximum atomic E-state index is 12.9. The van der Waals surface area contributed by atoms with Crippen LogP contribution >= 0.6 is 0 Å². The minimum Gasteiger partial charge on any atom is -0.476 e. The molecule has 0 saturated carbocycles. The lowest BCUT2D eigenvalue weighted by Crippen LogP contribution is -2.41. The minimum absolute atomic E-state index is 0.327. The van der Waals surface area contributed by atoms with E-state index < -0.39 is 29.9 Å². The van der Waals surface area contributed by atoms with E-state index in [-0.39, 0.29) is 0 Å².